The third-order valence-electron chi connectivity index (χ3n) is 4.27. The summed E-state index contributed by atoms with van der Waals surface area (Å²) < 4.78 is 1.95. The fourth-order valence-corrected chi connectivity index (χ4v) is 3.16. The molecule has 0 aliphatic rings. The molecule has 26 heavy (non-hydrogen) atoms. The van der Waals surface area contributed by atoms with Gasteiger partial charge in [-0.15, -0.1) is 0 Å². The summed E-state index contributed by atoms with van der Waals surface area (Å²) in [4.78, 5) is 11.2. The van der Waals surface area contributed by atoms with Gasteiger partial charge in [-0.2, -0.15) is 5.10 Å². The Morgan fingerprint density at radius 1 is 1.15 bits per heavy atom. The molecule has 3 rings (SSSR count). The quantitative estimate of drug-likeness (QED) is 0.736. The maximum absolute atomic E-state index is 4.52. The van der Waals surface area contributed by atoms with Crippen molar-refractivity contribution in [2.45, 2.75) is 45.8 Å². The van der Waals surface area contributed by atoms with E-state index in [9.17, 15) is 0 Å². The molecule has 0 radical (unpaired) electrons. The molecule has 0 aliphatic heterocycles. The number of nitrogens with zero attached hydrogens (tertiary/aromatic N) is 5. The van der Waals surface area contributed by atoms with Crippen LogP contribution in [0.3, 0.4) is 0 Å². The van der Waals surface area contributed by atoms with E-state index in [1.54, 1.807) is 6.33 Å². The lowest BCUT2D eigenvalue weighted by atomic mass is 10.1. The minimum Gasteiger partial charge on any atom is -0.366 e. The van der Waals surface area contributed by atoms with Crippen LogP contribution < -0.4 is 5.32 Å². The summed E-state index contributed by atoms with van der Waals surface area (Å²) in [5.74, 6) is 0.839. The molecule has 2 heterocycles. The molecular weight excluding hydrogens is 324 g/mol. The minimum atomic E-state index is -0.116. The molecule has 3 aromatic rings. The van der Waals surface area contributed by atoms with Gasteiger partial charge in [0, 0.05) is 19.1 Å². The highest BCUT2D eigenvalue weighted by atomic mass is 15.3. The number of anilines is 1. The molecule has 6 heteroatoms. The topological polar surface area (TPSA) is 58.9 Å². The van der Waals surface area contributed by atoms with Gasteiger partial charge in [-0.1, -0.05) is 30.3 Å². The zero-order chi connectivity index (χ0) is 18.7. The predicted octanol–water partition coefficient (Wildman–Crippen LogP) is 3.51. The van der Waals surface area contributed by atoms with Crippen molar-refractivity contribution >= 4 is 16.9 Å². The SMILES string of the molecule is CC(CN(C)Cc1ccccc1)Nc1ncnc2c1cnn2C(C)(C)C. The summed E-state index contributed by atoms with van der Waals surface area (Å²) in [5, 5.41) is 8.99. The fraction of sp³-hybridized carbons (Fsp3) is 0.450. The number of rotatable bonds is 6. The van der Waals surface area contributed by atoms with Crippen molar-refractivity contribution in [2.75, 3.05) is 18.9 Å². The first kappa shape index (κ1) is 18.3. The van der Waals surface area contributed by atoms with Crippen LogP contribution in [-0.2, 0) is 12.1 Å². The third kappa shape index (κ3) is 4.19. The molecule has 0 fully saturated rings. The molecule has 1 atom stereocenters. The molecule has 0 saturated heterocycles. The Balaban J connectivity index is 1.69. The van der Waals surface area contributed by atoms with Crippen molar-refractivity contribution < 1.29 is 0 Å². The highest BCUT2D eigenvalue weighted by Crippen LogP contribution is 2.24. The zero-order valence-corrected chi connectivity index (χ0v) is 16.3. The highest BCUT2D eigenvalue weighted by Gasteiger charge is 2.20. The van der Waals surface area contributed by atoms with Gasteiger partial charge in [0.15, 0.2) is 5.65 Å². The van der Waals surface area contributed by atoms with Gasteiger partial charge in [0.2, 0.25) is 0 Å². The van der Waals surface area contributed by atoms with E-state index in [1.807, 2.05) is 16.9 Å². The Hall–Kier alpha value is -2.47. The highest BCUT2D eigenvalue weighted by molar-refractivity contribution is 5.86. The lowest BCUT2D eigenvalue weighted by molar-refractivity contribution is 0.316. The first-order chi connectivity index (χ1) is 12.3. The van der Waals surface area contributed by atoms with Crippen molar-refractivity contribution in [3.05, 3.63) is 48.4 Å². The molecule has 138 valence electrons. The number of aromatic nitrogens is 4. The van der Waals surface area contributed by atoms with E-state index in [4.69, 9.17) is 0 Å². The molecule has 1 aromatic carbocycles. The monoisotopic (exact) mass is 352 g/mol. The van der Waals surface area contributed by atoms with Crippen molar-refractivity contribution in [3.63, 3.8) is 0 Å². The van der Waals surface area contributed by atoms with E-state index in [0.29, 0.717) is 0 Å². The normalized spacial score (nSPS) is 13.3. The van der Waals surface area contributed by atoms with Crippen LogP contribution in [0.5, 0.6) is 0 Å². The fourth-order valence-electron chi connectivity index (χ4n) is 3.16. The van der Waals surface area contributed by atoms with Crippen molar-refractivity contribution in [3.8, 4) is 0 Å². The van der Waals surface area contributed by atoms with Gasteiger partial charge in [0.1, 0.15) is 12.1 Å². The molecule has 0 saturated carbocycles. The molecular formula is C20H28N6. The van der Waals surface area contributed by atoms with E-state index >= 15 is 0 Å². The molecule has 0 bridgehead atoms. The first-order valence-electron chi connectivity index (χ1n) is 9.03. The predicted molar refractivity (Wildman–Crippen MR) is 106 cm³/mol. The summed E-state index contributed by atoms with van der Waals surface area (Å²) in [6.45, 7) is 10.4. The van der Waals surface area contributed by atoms with E-state index < -0.39 is 0 Å². The molecule has 6 nitrogen and oxygen atoms in total. The van der Waals surface area contributed by atoms with Crippen LogP contribution in [0.25, 0.3) is 11.0 Å². The summed E-state index contributed by atoms with van der Waals surface area (Å²) >= 11 is 0. The number of nitrogens with one attached hydrogen (secondary N) is 1. The summed E-state index contributed by atoms with van der Waals surface area (Å²) in [7, 11) is 2.14. The Morgan fingerprint density at radius 2 is 1.88 bits per heavy atom. The lowest BCUT2D eigenvalue weighted by Crippen LogP contribution is -2.32. The Kier molecular flexibility index (Phi) is 5.23. The molecule has 0 aliphatic carbocycles. The van der Waals surface area contributed by atoms with Crippen LogP contribution in [0.4, 0.5) is 5.82 Å². The summed E-state index contributed by atoms with van der Waals surface area (Å²) in [6.07, 6.45) is 3.46. The van der Waals surface area contributed by atoms with E-state index in [1.165, 1.54) is 5.56 Å². The number of fused-ring (bicyclic) bond motifs is 1. The maximum Gasteiger partial charge on any atom is 0.163 e. The second-order valence-corrected chi connectivity index (χ2v) is 7.91. The lowest BCUT2D eigenvalue weighted by Gasteiger charge is -2.23. The number of hydrogen-bond acceptors (Lipinski definition) is 5. The summed E-state index contributed by atoms with van der Waals surface area (Å²) in [6, 6.07) is 10.8. The largest absolute Gasteiger partial charge is 0.366 e. The molecule has 0 amide bonds. The average molecular weight is 352 g/mol. The molecule has 0 spiro atoms. The Bertz CT molecular complexity index is 850. The molecule has 1 N–H and O–H groups in total. The van der Waals surface area contributed by atoms with Gasteiger partial charge in [-0.3, -0.25) is 0 Å². The molecule has 1 unspecified atom stereocenters. The Labute approximate surface area is 155 Å². The number of likely N-dealkylation sites (N-methyl/N-ethyl adjacent to an activating group) is 1. The number of hydrogen-bond donors (Lipinski definition) is 1. The van der Waals surface area contributed by atoms with Crippen LogP contribution in [0.1, 0.15) is 33.3 Å². The van der Waals surface area contributed by atoms with Crippen LogP contribution in [0, 0.1) is 0 Å². The number of benzene rings is 1. The second kappa shape index (κ2) is 7.41. The van der Waals surface area contributed by atoms with Gasteiger partial charge >= 0.3 is 0 Å². The van der Waals surface area contributed by atoms with Gasteiger partial charge in [-0.05, 0) is 40.3 Å². The Morgan fingerprint density at radius 3 is 2.58 bits per heavy atom. The zero-order valence-electron chi connectivity index (χ0n) is 16.3. The van der Waals surface area contributed by atoms with Gasteiger partial charge < -0.3 is 10.2 Å². The van der Waals surface area contributed by atoms with Crippen LogP contribution in [-0.4, -0.2) is 44.3 Å². The second-order valence-electron chi connectivity index (χ2n) is 7.91. The van der Waals surface area contributed by atoms with Crippen molar-refractivity contribution in [1.82, 2.24) is 24.6 Å². The average Bonchev–Trinajstić information content (AvgIpc) is 3.01. The third-order valence-corrected chi connectivity index (χ3v) is 4.27. The smallest absolute Gasteiger partial charge is 0.163 e. The van der Waals surface area contributed by atoms with Crippen molar-refractivity contribution in [1.29, 1.82) is 0 Å². The maximum atomic E-state index is 4.52. The van der Waals surface area contributed by atoms with Gasteiger partial charge in [-0.25, -0.2) is 14.6 Å². The standard InChI is InChI=1S/C20H28N6/c1-15(12-25(5)13-16-9-7-6-8-10-16)24-18-17-11-23-26(20(2,3)4)19(17)22-14-21-18/h6-11,14-15H,12-13H2,1-5H3,(H,21,22,24). The van der Waals surface area contributed by atoms with Crippen LogP contribution >= 0.6 is 0 Å². The van der Waals surface area contributed by atoms with Crippen LogP contribution in [0.15, 0.2) is 42.9 Å². The van der Waals surface area contributed by atoms with E-state index in [-0.39, 0.29) is 11.6 Å². The van der Waals surface area contributed by atoms with Gasteiger partial charge in [0.25, 0.3) is 0 Å². The molecule has 2 aromatic heterocycles. The van der Waals surface area contributed by atoms with Crippen molar-refractivity contribution in [2.24, 2.45) is 0 Å². The van der Waals surface area contributed by atoms with Gasteiger partial charge in [0.05, 0.1) is 17.1 Å². The minimum absolute atomic E-state index is 0.116. The van der Waals surface area contributed by atoms with E-state index in [2.05, 4.69) is 84.3 Å². The van der Waals surface area contributed by atoms with Crippen LogP contribution in [0.2, 0.25) is 0 Å². The first-order valence-corrected chi connectivity index (χ1v) is 9.03. The summed E-state index contributed by atoms with van der Waals surface area (Å²) in [5.41, 5.74) is 2.06. The van der Waals surface area contributed by atoms with E-state index in [0.717, 1.165) is 29.9 Å².